The van der Waals surface area contributed by atoms with Gasteiger partial charge in [-0.15, -0.1) is 0 Å². The van der Waals surface area contributed by atoms with Crippen molar-refractivity contribution in [3.63, 3.8) is 0 Å². The fourth-order valence-electron chi connectivity index (χ4n) is 1.12. The second-order valence-electron chi connectivity index (χ2n) is 2.97. The molecule has 2 heterocycles. The molecule has 0 saturated carbocycles. The van der Waals surface area contributed by atoms with E-state index in [0.717, 1.165) is 12.1 Å². The Bertz CT molecular complexity index is 446. The number of H-pyrrole nitrogens is 1. The molecule has 0 fully saturated rings. The maximum atomic E-state index is 11.5. The van der Waals surface area contributed by atoms with E-state index < -0.39 is 0 Å². The van der Waals surface area contributed by atoms with Crippen molar-refractivity contribution in [1.82, 2.24) is 15.4 Å². The zero-order valence-electron chi connectivity index (χ0n) is 8.15. The number of carbonyl (C=O) groups is 1. The first-order chi connectivity index (χ1) is 7.29. The minimum atomic E-state index is -0.335. The van der Waals surface area contributed by atoms with E-state index in [0.29, 0.717) is 5.82 Å². The van der Waals surface area contributed by atoms with Crippen LogP contribution in [0.5, 0.6) is 0 Å². The van der Waals surface area contributed by atoms with Crippen LogP contribution in [0, 0.1) is 0 Å². The molecule has 2 N–H and O–H groups in total. The Morgan fingerprint density at radius 3 is 3.13 bits per heavy atom. The highest BCUT2D eigenvalue weighted by Gasteiger charge is 2.10. The molecule has 0 aliphatic heterocycles. The van der Waals surface area contributed by atoms with Gasteiger partial charge in [0, 0.05) is 17.8 Å². The zero-order chi connectivity index (χ0) is 10.7. The summed E-state index contributed by atoms with van der Waals surface area (Å²) >= 11 is 0. The molecular weight excluding hydrogens is 196 g/mol. The number of aromatic amines is 1. The molecule has 0 radical (unpaired) electrons. The monoisotopic (exact) mass is 206 g/mol. The number of nitrogens with zero attached hydrogens (tertiary/aromatic N) is 2. The van der Waals surface area contributed by atoms with Crippen LogP contribution < -0.4 is 5.32 Å². The normalized spacial score (nSPS) is 10.2. The molecule has 0 unspecified atom stereocenters. The molecule has 0 spiro atoms. The molecule has 1 amide bonds. The average molecular weight is 206 g/mol. The summed E-state index contributed by atoms with van der Waals surface area (Å²) < 4.78 is 4.56. The summed E-state index contributed by atoms with van der Waals surface area (Å²) in [4.78, 5) is 11.5. The number of amides is 1. The Labute approximate surface area is 85.7 Å². The maximum Gasteiger partial charge on any atom is 0.279 e. The second-order valence-corrected chi connectivity index (χ2v) is 2.97. The Morgan fingerprint density at radius 2 is 2.53 bits per heavy atom. The van der Waals surface area contributed by atoms with E-state index in [4.69, 9.17) is 0 Å². The third-order valence-electron chi connectivity index (χ3n) is 1.92. The highest BCUT2D eigenvalue weighted by molar-refractivity contribution is 6.02. The van der Waals surface area contributed by atoms with E-state index in [2.05, 4.69) is 25.2 Å². The van der Waals surface area contributed by atoms with Gasteiger partial charge in [0.25, 0.3) is 5.91 Å². The summed E-state index contributed by atoms with van der Waals surface area (Å²) in [6, 6.07) is 3.26. The van der Waals surface area contributed by atoms with Crippen LogP contribution in [0.25, 0.3) is 0 Å². The molecule has 0 aromatic carbocycles. The van der Waals surface area contributed by atoms with Gasteiger partial charge >= 0.3 is 0 Å². The van der Waals surface area contributed by atoms with Crippen molar-refractivity contribution in [2.24, 2.45) is 0 Å². The molecule has 0 aliphatic rings. The van der Waals surface area contributed by atoms with Crippen LogP contribution in [0.3, 0.4) is 0 Å². The lowest BCUT2D eigenvalue weighted by Gasteiger charge is -1.95. The van der Waals surface area contributed by atoms with Crippen molar-refractivity contribution < 1.29 is 9.32 Å². The minimum absolute atomic E-state index is 0.232. The largest absolute Gasteiger partial charge is 0.364 e. The number of aryl methyl sites for hydroxylation is 1. The van der Waals surface area contributed by atoms with E-state index in [1.54, 1.807) is 6.07 Å². The quantitative estimate of drug-likeness (QED) is 0.790. The zero-order valence-corrected chi connectivity index (χ0v) is 8.15. The van der Waals surface area contributed by atoms with Crippen molar-refractivity contribution in [3.05, 3.63) is 29.8 Å². The predicted molar refractivity (Wildman–Crippen MR) is 52.4 cm³/mol. The number of nitrogens with one attached hydrogen (secondary N) is 2. The standard InChI is InChI=1S/C9H10N4O2/c1-2-6-5-8(12-11-6)10-9(14)7-3-4-15-13-7/h3-5H,2H2,1H3,(H2,10,11,12,14). The number of aromatic nitrogens is 3. The summed E-state index contributed by atoms with van der Waals surface area (Å²) in [5, 5.41) is 12.8. The second kappa shape index (κ2) is 3.95. The molecule has 2 rings (SSSR count). The SMILES string of the molecule is CCc1cc(NC(=O)c2ccon2)n[nH]1. The van der Waals surface area contributed by atoms with Gasteiger partial charge < -0.3 is 9.84 Å². The van der Waals surface area contributed by atoms with Crippen LogP contribution in [0.4, 0.5) is 5.82 Å². The summed E-state index contributed by atoms with van der Waals surface area (Å²) in [7, 11) is 0. The van der Waals surface area contributed by atoms with Crippen LogP contribution in [-0.2, 0) is 6.42 Å². The van der Waals surface area contributed by atoms with Crippen LogP contribution in [0.1, 0.15) is 23.1 Å². The smallest absolute Gasteiger partial charge is 0.279 e. The van der Waals surface area contributed by atoms with Gasteiger partial charge in [-0.1, -0.05) is 12.1 Å². The average Bonchev–Trinajstić information content (AvgIpc) is 2.87. The summed E-state index contributed by atoms with van der Waals surface area (Å²) in [5.74, 6) is 0.151. The number of rotatable bonds is 3. The summed E-state index contributed by atoms with van der Waals surface area (Å²) in [6.07, 6.45) is 2.18. The van der Waals surface area contributed by atoms with Gasteiger partial charge in [0.2, 0.25) is 0 Å². The Kier molecular flexibility index (Phi) is 2.49. The Morgan fingerprint density at radius 1 is 1.67 bits per heavy atom. The topological polar surface area (TPSA) is 83.8 Å². The van der Waals surface area contributed by atoms with Crippen LogP contribution in [0.15, 0.2) is 22.9 Å². The molecule has 0 aliphatic carbocycles. The van der Waals surface area contributed by atoms with Gasteiger partial charge in [-0.05, 0) is 6.42 Å². The Hall–Kier alpha value is -2.11. The third kappa shape index (κ3) is 2.04. The lowest BCUT2D eigenvalue weighted by atomic mass is 10.3. The van der Waals surface area contributed by atoms with E-state index in [-0.39, 0.29) is 11.6 Å². The number of hydrogen-bond donors (Lipinski definition) is 2. The van der Waals surface area contributed by atoms with Gasteiger partial charge in [0.1, 0.15) is 6.26 Å². The lowest BCUT2D eigenvalue weighted by Crippen LogP contribution is -2.12. The third-order valence-corrected chi connectivity index (χ3v) is 1.92. The van der Waals surface area contributed by atoms with Crippen LogP contribution in [0.2, 0.25) is 0 Å². The van der Waals surface area contributed by atoms with Crippen LogP contribution in [-0.4, -0.2) is 21.3 Å². The highest BCUT2D eigenvalue weighted by Crippen LogP contribution is 2.07. The van der Waals surface area contributed by atoms with Gasteiger partial charge in [0.05, 0.1) is 0 Å². The molecule has 6 nitrogen and oxygen atoms in total. The van der Waals surface area contributed by atoms with Crippen molar-refractivity contribution in [1.29, 1.82) is 0 Å². The van der Waals surface area contributed by atoms with Crippen molar-refractivity contribution in [2.45, 2.75) is 13.3 Å². The molecule has 6 heteroatoms. The molecule has 2 aromatic rings. The van der Waals surface area contributed by atoms with E-state index >= 15 is 0 Å². The van der Waals surface area contributed by atoms with Gasteiger partial charge in [-0.25, -0.2) is 0 Å². The summed E-state index contributed by atoms with van der Waals surface area (Å²) in [6.45, 7) is 2.00. The first kappa shape index (κ1) is 9.45. The number of carbonyl (C=O) groups excluding carboxylic acids is 1. The number of anilines is 1. The highest BCUT2D eigenvalue weighted by atomic mass is 16.5. The minimum Gasteiger partial charge on any atom is -0.364 e. The van der Waals surface area contributed by atoms with Crippen LogP contribution >= 0.6 is 0 Å². The summed E-state index contributed by atoms with van der Waals surface area (Å²) in [5.41, 5.74) is 1.20. The molecule has 0 bridgehead atoms. The van der Waals surface area contributed by atoms with Crippen molar-refractivity contribution in [2.75, 3.05) is 5.32 Å². The fraction of sp³-hybridized carbons (Fsp3) is 0.222. The van der Waals surface area contributed by atoms with Crippen molar-refractivity contribution in [3.8, 4) is 0 Å². The van der Waals surface area contributed by atoms with E-state index in [1.165, 1.54) is 12.3 Å². The molecular formula is C9H10N4O2. The van der Waals surface area contributed by atoms with E-state index in [9.17, 15) is 4.79 Å². The first-order valence-corrected chi connectivity index (χ1v) is 4.55. The predicted octanol–water partition coefficient (Wildman–Crippen LogP) is 1.21. The van der Waals surface area contributed by atoms with Gasteiger partial charge in [-0.2, -0.15) is 5.10 Å². The first-order valence-electron chi connectivity index (χ1n) is 4.55. The fourth-order valence-corrected chi connectivity index (χ4v) is 1.12. The Balaban J connectivity index is 2.06. The molecule has 78 valence electrons. The van der Waals surface area contributed by atoms with E-state index in [1.807, 2.05) is 6.92 Å². The number of hydrogen-bond acceptors (Lipinski definition) is 4. The molecule has 0 saturated heterocycles. The molecule has 2 aromatic heterocycles. The van der Waals surface area contributed by atoms with Gasteiger partial charge in [0.15, 0.2) is 11.5 Å². The van der Waals surface area contributed by atoms with Crippen molar-refractivity contribution >= 4 is 11.7 Å². The molecule has 0 atom stereocenters. The molecule has 15 heavy (non-hydrogen) atoms. The maximum absolute atomic E-state index is 11.5. The van der Waals surface area contributed by atoms with Gasteiger partial charge in [-0.3, -0.25) is 9.89 Å². The lowest BCUT2D eigenvalue weighted by molar-refractivity contribution is 0.101.